The van der Waals surface area contributed by atoms with E-state index in [4.69, 9.17) is 11.6 Å². The van der Waals surface area contributed by atoms with Crippen molar-refractivity contribution in [3.63, 3.8) is 0 Å². The first kappa shape index (κ1) is 12.4. The number of benzene rings is 2. The second kappa shape index (κ2) is 5.18. The molecule has 0 aliphatic heterocycles. The zero-order valence-corrected chi connectivity index (χ0v) is 11.4. The van der Waals surface area contributed by atoms with E-state index in [9.17, 15) is 4.79 Å². The Morgan fingerprint density at radius 1 is 1.00 bits per heavy atom. The maximum atomic E-state index is 12.4. The van der Waals surface area contributed by atoms with Gasteiger partial charge in [0.1, 0.15) is 0 Å². The van der Waals surface area contributed by atoms with Crippen LogP contribution < -0.4 is 0 Å². The van der Waals surface area contributed by atoms with Crippen molar-refractivity contribution in [1.82, 2.24) is 0 Å². The van der Waals surface area contributed by atoms with Crippen molar-refractivity contribution in [3.8, 4) is 0 Å². The van der Waals surface area contributed by atoms with Gasteiger partial charge < -0.3 is 0 Å². The van der Waals surface area contributed by atoms with Crippen LogP contribution in [0.15, 0.2) is 48.5 Å². The van der Waals surface area contributed by atoms with Gasteiger partial charge in [-0.05, 0) is 42.5 Å². The van der Waals surface area contributed by atoms with E-state index in [1.165, 1.54) is 24.8 Å². The fraction of sp³-hybridized carbons (Fsp3) is 0.235. The predicted molar refractivity (Wildman–Crippen MR) is 77.9 cm³/mol. The smallest absolute Gasteiger partial charge is 0.193 e. The number of hydrogen-bond acceptors (Lipinski definition) is 1. The summed E-state index contributed by atoms with van der Waals surface area (Å²) in [6.45, 7) is 0. The molecule has 0 saturated heterocycles. The molecule has 19 heavy (non-hydrogen) atoms. The molecule has 0 amide bonds. The molecule has 0 heterocycles. The van der Waals surface area contributed by atoms with E-state index in [1.807, 2.05) is 30.3 Å². The first-order valence-electron chi connectivity index (χ1n) is 6.64. The van der Waals surface area contributed by atoms with Crippen molar-refractivity contribution in [3.05, 3.63) is 70.2 Å². The molecule has 3 rings (SSSR count). The van der Waals surface area contributed by atoms with E-state index in [0.717, 1.165) is 5.56 Å². The molecule has 0 unspecified atom stereocenters. The Kier molecular flexibility index (Phi) is 3.39. The summed E-state index contributed by atoms with van der Waals surface area (Å²) < 4.78 is 0. The van der Waals surface area contributed by atoms with Gasteiger partial charge >= 0.3 is 0 Å². The highest BCUT2D eigenvalue weighted by Gasteiger charge is 2.20. The first-order valence-corrected chi connectivity index (χ1v) is 7.02. The molecule has 0 atom stereocenters. The Morgan fingerprint density at radius 3 is 2.32 bits per heavy atom. The topological polar surface area (TPSA) is 17.1 Å². The number of ketones is 1. The van der Waals surface area contributed by atoms with E-state index in [1.54, 1.807) is 12.1 Å². The van der Waals surface area contributed by atoms with Crippen LogP contribution in [0.5, 0.6) is 0 Å². The number of halogens is 1. The SMILES string of the molecule is O=C(c1cccc(Cl)c1)c1cccc(C2CCC2)c1. The van der Waals surface area contributed by atoms with E-state index < -0.39 is 0 Å². The number of hydrogen-bond donors (Lipinski definition) is 0. The number of carbonyl (C=O) groups excluding carboxylic acids is 1. The second-order valence-corrected chi connectivity index (χ2v) is 5.53. The van der Waals surface area contributed by atoms with Gasteiger partial charge in [-0.15, -0.1) is 0 Å². The van der Waals surface area contributed by atoms with Gasteiger partial charge in [0.2, 0.25) is 0 Å². The highest BCUT2D eigenvalue weighted by Crippen LogP contribution is 2.36. The molecular formula is C17H15ClO. The summed E-state index contributed by atoms with van der Waals surface area (Å²) in [6.07, 6.45) is 3.79. The van der Waals surface area contributed by atoms with Gasteiger partial charge in [-0.1, -0.05) is 48.4 Å². The Labute approximate surface area is 118 Å². The highest BCUT2D eigenvalue weighted by atomic mass is 35.5. The molecule has 0 spiro atoms. The molecule has 96 valence electrons. The Hall–Kier alpha value is -1.60. The van der Waals surface area contributed by atoms with Crippen LogP contribution in [-0.4, -0.2) is 5.78 Å². The summed E-state index contributed by atoms with van der Waals surface area (Å²) in [6, 6.07) is 15.1. The molecule has 1 fully saturated rings. The van der Waals surface area contributed by atoms with Crippen molar-refractivity contribution in [2.75, 3.05) is 0 Å². The average Bonchev–Trinajstić information content (AvgIpc) is 2.36. The van der Waals surface area contributed by atoms with Crippen LogP contribution in [0.1, 0.15) is 46.7 Å². The van der Waals surface area contributed by atoms with Crippen LogP contribution in [0.4, 0.5) is 0 Å². The zero-order chi connectivity index (χ0) is 13.2. The molecular weight excluding hydrogens is 256 g/mol. The maximum Gasteiger partial charge on any atom is 0.193 e. The average molecular weight is 271 g/mol. The van der Waals surface area contributed by atoms with Gasteiger partial charge in [-0.2, -0.15) is 0 Å². The Bertz CT molecular complexity index is 614. The van der Waals surface area contributed by atoms with Crippen molar-refractivity contribution in [2.45, 2.75) is 25.2 Å². The van der Waals surface area contributed by atoms with Gasteiger partial charge in [-0.25, -0.2) is 0 Å². The lowest BCUT2D eigenvalue weighted by molar-refractivity contribution is 0.103. The third-order valence-corrected chi connectivity index (χ3v) is 4.05. The van der Waals surface area contributed by atoms with Crippen LogP contribution in [0, 0.1) is 0 Å². The summed E-state index contributed by atoms with van der Waals surface area (Å²) >= 11 is 5.94. The zero-order valence-electron chi connectivity index (χ0n) is 10.6. The minimum Gasteiger partial charge on any atom is -0.289 e. The summed E-state index contributed by atoms with van der Waals surface area (Å²) in [4.78, 5) is 12.4. The molecule has 1 aliphatic carbocycles. The minimum atomic E-state index is 0.0451. The molecule has 2 aromatic carbocycles. The van der Waals surface area contributed by atoms with Gasteiger partial charge in [0.15, 0.2) is 5.78 Å². The van der Waals surface area contributed by atoms with Crippen molar-refractivity contribution < 1.29 is 4.79 Å². The summed E-state index contributed by atoms with van der Waals surface area (Å²) in [7, 11) is 0. The molecule has 0 bridgehead atoms. The lowest BCUT2D eigenvalue weighted by atomic mass is 9.79. The maximum absolute atomic E-state index is 12.4. The normalized spacial score (nSPS) is 15.0. The van der Waals surface area contributed by atoms with E-state index in [-0.39, 0.29) is 5.78 Å². The van der Waals surface area contributed by atoms with E-state index in [0.29, 0.717) is 16.5 Å². The summed E-state index contributed by atoms with van der Waals surface area (Å²) in [5.41, 5.74) is 2.70. The second-order valence-electron chi connectivity index (χ2n) is 5.09. The highest BCUT2D eigenvalue weighted by molar-refractivity contribution is 6.31. The molecule has 1 saturated carbocycles. The van der Waals surface area contributed by atoms with Crippen molar-refractivity contribution in [1.29, 1.82) is 0 Å². The third kappa shape index (κ3) is 2.57. The Balaban J connectivity index is 1.91. The molecule has 1 aliphatic rings. The molecule has 0 radical (unpaired) electrons. The quantitative estimate of drug-likeness (QED) is 0.730. The fourth-order valence-corrected chi connectivity index (χ4v) is 2.66. The minimum absolute atomic E-state index is 0.0451. The fourth-order valence-electron chi connectivity index (χ4n) is 2.47. The predicted octanol–water partition coefficient (Wildman–Crippen LogP) is 4.84. The summed E-state index contributed by atoms with van der Waals surface area (Å²) in [5.74, 6) is 0.691. The summed E-state index contributed by atoms with van der Waals surface area (Å²) in [5, 5.41) is 0.598. The number of carbonyl (C=O) groups is 1. The monoisotopic (exact) mass is 270 g/mol. The van der Waals surface area contributed by atoms with E-state index in [2.05, 4.69) is 6.07 Å². The van der Waals surface area contributed by atoms with Crippen molar-refractivity contribution in [2.24, 2.45) is 0 Å². The number of rotatable bonds is 3. The van der Waals surface area contributed by atoms with Crippen LogP contribution in [0.3, 0.4) is 0 Å². The van der Waals surface area contributed by atoms with Crippen LogP contribution in [0.2, 0.25) is 5.02 Å². The molecule has 0 aromatic heterocycles. The molecule has 2 heteroatoms. The van der Waals surface area contributed by atoms with Crippen molar-refractivity contribution >= 4 is 17.4 Å². The van der Waals surface area contributed by atoms with Gasteiger partial charge in [-0.3, -0.25) is 4.79 Å². The lowest BCUT2D eigenvalue weighted by Crippen LogP contribution is -2.10. The lowest BCUT2D eigenvalue weighted by Gasteiger charge is -2.26. The van der Waals surface area contributed by atoms with Crippen LogP contribution >= 0.6 is 11.6 Å². The molecule has 1 nitrogen and oxygen atoms in total. The van der Waals surface area contributed by atoms with Crippen LogP contribution in [-0.2, 0) is 0 Å². The van der Waals surface area contributed by atoms with Gasteiger partial charge in [0.25, 0.3) is 0 Å². The Morgan fingerprint density at radius 2 is 1.68 bits per heavy atom. The van der Waals surface area contributed by atoms with E-state index >= 15 is 0 Å². The van der Waals surface area contributed by atoms with Gasteiger partial charge in [0.05, 0.1) is 0 Å². The standard InChI is InChI=1S/C17H15ClO/c18-16-9-3-8-15(11-16)17(19)14-7-2-6-13(10-14)12-4-1-5-12/h2-3,6-12H,1,4-5H2. The van der Waals surface area contributed by atoms with Crippen LogP contribution in [0.25, 0.3) is 0 Å². The molecule has 2 aromatic rings. The molecule has 0 N–H and O–H groups in total. The largest absolute Gasteiger partial charge is 0.289 e. The third-order valence-electron chi connectivity index (χ3n) is 3.81. The van der Waals surface area contributed by atoms with Gasteiger partial charge in [0, 0.05) is 16.1 Å². The first-order chi connectivity index (χ1) is 9.24.